The highest BCUT2D eigenvalue weighted by atomic mass is 16.5. The van der Waals surface area contributed by atoms with Crippen LogP contribution in [0.25, 0.3) is 0 Å². The van der Waals surface area contributed by atoms with Gasteiger partial charge in [-0.15, -0.1) is 0 Å². The van der Waals surface area contributed by atoms with Crippen LogP contribution in [0.2, 0.25) is 0 Å². The molecule has 1 aromatic heterocycles. The highest BCUT2D eigenvalue weighted by Gasteiger charge is 2.50. The molecule has 2 aromatic carbocycles. The predicted octanol–water partition coefficient (Wildman–Crippen LogP) is 2.71. The molecule has 0 aliphatic heterocycles. The molecule has 7 heteroatoms. The number of amides is 1. The fourth-order valence-electron chi connectivity index (χ4n) is 4.39. The number of fused-ring (bicyclic) bond motifs is 1. The van der Waals surface area contributed by atoms with Crippen LogP contribution in [0.4, 0.5) is 5.69 Å². The van der Waals surface area contributed by atoms with Gasteiger partial charge in [0.15, 0.2) is 0 Å². The summed E-state index contributed by atoms with van der Waals surface area (Å²) in [6.07, 6.45) is 0.166. The molecule has 7 nitrogen and oxygen atoms in total. The molecule has 1 amide bonds. The number of aromatic nitrogens is 2. The van der Waals surface area contributed by atoms with Gasteiger partial charge in [0.1, 0.15) is 5.75 Å². The summed E-state index contributed by atoms with van der Waals surface area (Å²) in [5.41, 5.74) is 1.81. The standard InChI is InChI=1S/C23H25N3O4/c1-13-6-4-5-7-16(13)24-22(28)20-18(14-8-10-15(30-3)11-9-14)19-17(12-23(20,2)29)25-26-21(19)27/h4-11,18,20,29H,12H2,1-3H3,(H,24,28)(H2,25,26,27)/t18-,20-,23-/m1/s1. The number of H-pyrrole nitrogens is 2. The molecule has 0 saturated carbocycles. The third-order valence-electron chi connectivity index (χ3n) is 5.91. The maximum atomic E-state index is 13.5. The van der Waals surface area contributed by atoms with Gasteiger partial charge in [0.25, 0.3) is 5.56 Å². The molecular formula is C23H25N3O4. The van der Waals surface area contributed by atoms with E-state index in [-0.39, 0.29) is 17.9 Å². The smallest absolute Gasteiger partial charge is 0.267 e. The van der Waals surface area contributed by atoms with Crippen molar-refractivity contribution in [3.05, 3.63) is 81.3 Å². The van der Waals surface area contributed by atoms with E-state index in [1.165, 1.54) is 0 Å². The van der Waals surface area contributed by atoms with Crippen LogP contribution in [0, 0.1) is 12.8 Å². The summed E-state index contributed by atoms with van der Waals surface area (Å²) in [7, 11) is 1.58. The minimum absolute atomic E-state index is 0.166. The third kappa shape index (κ3) is 3.41. The Morgan fingerprint density at radius 3 is 2.53 bits per heavy atom. The highest BCUT2D eigenvalue weighted by molar-refractivity contribution is 5.95. The lowest BCUT2D eigenvalue weighted by atomic mass is 9.66. The number of ether oxygens (including phenoxy) is 1. The van der Waals surface area contributed by atoms with Gasteiger partial charge in [0.05, 0.1) is 18.6 Å². The van der Waals surface area contributed by atoms with Gasteiger partial charge in [-0.25, -0.2) is 0 Å². The first-order valence-corrected chi connectivity index (χ1v) is 9.84. The SMILES string of the molecule is COc1ccc([C@@H]2c3c([nH][nH]c3=O)C[C@@](C)(O)[C@H]2C(=O)Nc2ccccc2C)cc1. The van der Waals surface area contributed by atoms with Gasteiger partial charge in [-0.1, -0.05) is 30.3 Å². The first kappa shape index (κ1) is 20.0. The number of para-hydroxylation sites is 1. The summed E-state index contributed by atoms with van der Waals surface area (Å²) < 4.78 is 5.24. The lowest BCUT2D eigenvalue weighted by Gasteiger charge is -2.41. The van der Waals surface area contributed by atoms with E-state index in [0.29, 0.717) is 22.7 Å². The Bertz CT molecular complexity index is 1130. The minimum atomic E-state index is -1.37. The van der Waals surface area contributed by atoms with Crippen molar-refractivity contribution in [2.75, 3.05) is 12.4 Å². The molecule has 0 unspecified atom stereocenters. The Kier molecular flexibility index (Phi) is 4.99. The van der Waals surface area contributed by atoms with Crippen LogP contribution in [-0.2, 0) is 11.2 Å². The van der Waals surface area contributed by atoms with E-state index in [9.17, 15) is 14.7 Å². The van der Waals surface area contributed by atoms with E-state index in [4.69, 9.17) is 4.74 Å². The van der Waals surface area contributed by atoms with Gasteiger partial charge < -0.3 is 20.3 Å². The average molecular weight is 407 g/mol. The molecule has 3 aromatic rings. The van der Waals surface area contributed by atoms with Crippen molar-refractivity contribution in [3.63, 3.8) is 0 Å². The van der Waals surface area contributed by atoms with E-state index in [1.54, 1.807) is 26.2 Å². The number of methoxy groups -OCH3 is 1. The van der Waals surface area contributed by atoms with Gasteiger partial charge in [-0.2, -0.15) is 0 Å². The van der Waals surface area contributed by atoms with Crippen LogP contribution in [0.5, 0.6) is 5.75 Å². The molecular weight excluding hydrogens is 382 g/mol. The number of carbonyl (C=O) groups is 1. The zero-order valence-electron chi connectivity index (χ0n) is 17.2. The summed E-state index contributed by atoms with van der Waals surface area (Å²) in [5, 5.41) is 19.8. The highest BCUT2D eigenvalue weighted by Crippen LogP contribution is 2.44. The second-order valence-electron chi connectivity index (χ2n) is 8.04. The van der Waals surface area contributed by atoms with Crippen molar-refractivity contribution >= 4 is 11.6 Å². The Morgan fingerprint density at radius 1 is 1.17 bits per heavy atom. The van der Waals surface area contributed by atoms with Crippen molar-refractivity contribution in [3.8, 4) is 5.75 Å². The third-order valence-corrected chi connectivity index (χ3v) is 5.91. The van der Waals surface area contributed by atoms with E-state index in [2.05, 4.69) is 15.5 Å². The number of benzene rings is 2. The number of anilines is 1. The van der Waals surface area contributed by atoms with Crippen LogP contribution in [-0.4, -0.2) is 33.9 Å². The molecule has 156 valence electrons. The van der Waals surface area contributed by atoms with Gasteiger partial charge in [0.2, 0.25) is 5.91 Å². The Morgan fingerprint density at radius 2 is 1.87 bits per heavy atom. The molecule has 1 aliphatic rings. The fraction of sp³-hybridized carbons (Fsp3) is 0.304. The summed E-state index contributed by atoms with van der Waals surface area (Å²) in [5.74, 6) is -1.14. The molecule has 0 radical (unpaired) electrons. The second-order valence-corrected chi connectivity index (χ2v) is 8.04. The number of carbonyl (C=O) groups excluding carboxylic acids is 1. The summed E-state index contributed by atoms with van der Waals surface area (Å²) in [4.78, 5) is 26.1. The molecule has 0 saturated heterocycles. The van der Waals surface area contributed by atoms with E-state index in [1.807, 2.05) is 43.3 Å². The monoisotopic (exact) mass is 407 g/mol. The van der Waals surface area contributed by atoms with Crippen LogP contribution in [0.3, 0.4) is 0 Å². The number of hydrogen-bond acceptors (Lipinski definition) is 4. The zero-order valence-corrected chi connectivity index (χ0v) is 17.2. The summed E-state index contributed by atoms with van der Waals surface area (Å²) in [6.45, 7) is 3.55. The lowest BCUT2D eigenvalue weighted by Crippen LogP contribution is -2.51. The van der Waals surface area contributed by atoms with Crippen LogP contribution in [0.15, 0.2) is 53.3 Å². The van der Waals surface area contributed by atoms with Gasteiger partial charge >= 0.3 is 0 Å². The Labute approximate surface area is 174 Å². The minimum Gasteiger partial charge on any atom is -0.497 e. The second kappa shape index (κ2) is 7.50. The maximum absolute atomic E-state index is 13.5. The molecule has 1 heterocycles. The van der Waals surface area contributed by atoms with Crippen molar-refractivity contribution in [2.45, 2.75) is 31.8 Å². The van der Waals surface area contributed by atoms with Crippen molar-refractivity contribution < 1.29 is 14.6 Å². The molecule has 3 atom stereocenters. The number of aromatic amines is 2. The fourth-order valence-corrected chi connectivity index (χ4v) is 4.39. The van der Waals surface area contributed by atoms with Gasteiger partial charge in [-0.3, -0.25) is 14.7 Å². The predicted molar refractivity (Wildman–Crippen MR) is 114 cm³/mol. The first-order valence-electron chi connectivity index (χ1n) is 9.84. The van der Waals surface area contributed by atoms with Gasteiger partial charge in [0, 0.05) is 29.3 Å². The molecule has 0 fully saturated rings. The van der Waals surface area contributed by atoms with Crippen LogP contribution >= 0.6 is 0 Å². The topological polar surface area (TPSA) is 107 Å². The van der Waals surface area contributed by atoms with E-state index in [0.717, 1.165) is 11.1 Å². The molecule has 0 bridgehead atoms. The number of hydrogen-bond donors (Lipinski definition) is 4. The number of rotatable bonds is 4. The molecule has 30 heavy (non-hydrogen) atoms. The molecule has 4 rings (SSSR count). The summed E-state index contributed by atoms with van der Waals surface area (Å²) in [6, 6.07) is 14.7. The number of aliphatic hydroxyl groups is 1. The number of nitrogens with one attached hydrogen (secondary N) is 3. The van der Waals surface area contributed by atoms with Crippen molar-refractivity contribution in [1.82, 2.24) is 10.2 Å². The number of aryl methyl sites for hydroxylation is 1. The molecule has 1 aliphatic carbocycles. The van der Waals surface area contributed by atoms with Crippen molar-refractivity contribution in [2.24, 2.45) is 5.92 Å². The Hall–Kier alpha value is -3.32. The normalized spacial score (nSPS) is 22.9. The lowest BCUT2D eigenvalue weighted by molar-refractivity contribution is -0.130. The molecule has 0 spiro atoms. The van der Waals surface area contributed by atoms with E-state index < -0.39 is 17.4 Å². The van der Waals surface area contributed by atoms with Crippen LogP contribution < -0.4 is 15.6 Å². The first-order chi connectivity index (χ1) is 14.3. The van der Waals surface area contributed by atoms with Gasteiger partial charge in [-0.05, 0) is 43.2 Å². The van der Waals surface area contributed by atoms with E-state index >= 15 is 0 Å². The molecule has 4 N–H and O–H groups in total. The summed E-state index contributed by atoms with van der Waals surface area (Å²) >= 11 is 0. The zero-order chi connectivity index (χ0) is 21.5. The maximum Gasteiger partial charge on any atom is 0.267 e. The Balaban J connectivity index is 1.82. The quantitative estimate of drug-likeness (QED) is 0.533. The largest absolute Gasteiger partial charge is 0.497 e. The van der Waals surface area contributed by atoms with Crippen LogP contribution in [0.1, 0.15) is 35.2 Å². The average Bonchev–Trinajstić information content (AvgIpc) is 3.07. The van der Waals surface area contributed by atoms with Crippen molar-refractivity contribution in [1.29, 1.82) is 0 Å².